The third-order valence-electron chi connectivity index (χ3n) is 19.6. The van der Waals surface area contributed by atoms with Crippen LogP contribution in [0.4, 0.5) is 0 Å². The topological polar surface area (TPSA) is 237 Å². The number of aliphatic hydroxyl groups excluding tert-OH is 1. The van der Waals surface area contributed by atoms with Crippen LogP contribution in [-0.4, -0.2) is 96.7 Å². The number of phosphoric acid groups is 2. The lowest BCUT2D eigenvalue weighted by atomic mass is 9.99. The minimum absolute atomic E-state index is 0.107. The number of rotatable bonds is 81. The summed E-state index contributed by atoms with van der Waals surface area (Å²) < 4.78 is 68.8. The molecule has 0 saturated carbocycles. The van der Waals surface area contributed by atoms with Crippen molar-refractivity contribution in [2.24, 2.45) is 11.8 Å². The van der Waals surface area contributed by atoms with Gasteiger partial charge in [0.2, 0.25) is 0 Å². The SMILES string of the molecule is CCCCCCCCCCCCCCCCCCCC(=O)OC[C@H](COP(=O)(O)OC[C@@H](O)COP(=O)(O)OC[C@@H](COC(=O)CCCCCCCCCCCCC)OC(=O)CCCCCCCCCCCCC(C)CC)OC(=O)CCCCCCCCCCCCCCCCCCC(C)C. The summed E-state index contributed by atoms with van der Waals surface area (Å²) in [6, 6.07) is 0. The summed E-state index contributed by atoms with van der Waals surface area (Å²) >= 11 is 0. The van der Waals surface area contributed by atoms with Gasteiger partial charge in [0.1, 0.15) is 19.3 Å². The molecule has 0 fully saturated rings. The Balaban J connectivity index is 5.25. The Morgan fingerprint density at radius 3 is 0.752 bits per heavy atom. The first-order valence-corrected chi connectivity index (χ1v) is 45.5. The van der Waals surface area contributed by atoms with Crippen molar-refractivity contribution in [3.63, 3.8) is 0 Å². The maximum Gasteiger partial charge on any atom is 0.472 e. The van der Waals surface area contributed by atoms with Crippen LogP contribution in [0.25, 0.3) is 0 Å². The van der Waals surface area contributed by atoms with Crippen LogP contribution in [-0.2, 0) is 65.4 Å². The molecule has 0 radical (unpaired) electrons. The molecule has 600 valence electrons. The van der Waals surface area contributed by atoms with Crippen LogP contribution < -0.4 is 0 Å². The van der Waals surface area contributed by atoms with Crippen molar-refractivity contribution < 1.29 is 80.2 Å². The van der Waals surface area contributed by atoms with Crippen LogP contribution in [0.3, 0.4) is 0 Å². The molecule has 0 heterocycles. The van der Waals surface area contributed by atoms with Crippen molar-refractivity contribution in [3.8, 4) is 0 Å². The van der Waals surface area contributed by atoms with E-state index in [0.29, 0.717) is 25.7 Å². The number of carbonyl (C=O) groups excluding carboxylic acids is 4. The molecule has 3 N–H and O–H groups in total. The molecule has 3 unspecified atom stereocenters. The Labute approximate surface area is 619 Å². The Hall–Kier alpha value is -1.94. The van der Waals surface area contributed by atoms with Gasteiger partial charge in [-0.3, -0.25) is 37.3 Å². The number of phosphoric ester groups is 2. The molecule has 6 atom stereocenters. The largest absolute Gasteiger partial charge is 0.472 e. The van der Waals surface area contributed by atoms with E-state index in [-0.39, 0.29) is 25.7 Å². The molecule has 0 aromatic heterocycles. The van der Waals surface area contributed by atoms with Crippen LogP contribution in [0, 0.1) is 11.8 Å². The van der Waals surface area contributed by atoms with Crippen molar-refractivity contribution in [2.45, 2.75) is 452 Å². The van der Waals surface area contributed by atoms with Gasteiger partial charge in [0, 0.05) is 25.7 Å². The van der Waals surface area contributed by atoms with E-state index in [2.05, 4.69) is 41.5 Å². The molecule has 0 spiro atoms. The summed E-state index contributed by atoms with van der Waals surface area (Å²) in [5.74, 6) is -0.493. The molecule has 0 bridgehead atoms. The second-order valence-electron chi connectivity index (χ2n) is 30.2. The number of aliphatic hydroxyl groups is 1. The van der Waals surface area contributed by atoms with E-state index < -0.39 is 97.5 Å². The van der Waals surface area contributed by atoms with Gasteiger partial charge in [-0.25, -0.2) is 9.13 Å². The number of carbonyl (C=O) groups is 4. The molecule has 0 rings (SSSR count). The summed E-state index contributed by atoms with van der Waals surface area (Å²) in [5, 5.41) is 10.7. The monoisotopic (exact) mass is 1480 g/mol. The predicted octanol–water partition coefficient (Wildman–Crippen LogP) is 24.7. The fourth-order valence-corrected chi connectivity index (χ4v) is 14.3. The van der Waals surface area contributed by atoms with Gasteiger partial charge >= 0.3 is 39.5 Å². The third kappa shape index (κ3) is 74.7. The fraction of sp³-hybridized carbons (Fsp3) is 0.951. The highest BCUT2D eigenvalue weighted by Gasteiger charge is 2.30. The quantitative estimate of drug-likeness (QED) is 0.0222. The van der Waals surface area contributed by atoms with Crippen LogP contribution in [0.1, 0.15) is 433 Å². The van der Waals surface area contributed by atoms with Crippen LogP contribution in [0.5, 0.6) is 0 Å². The lowest BCUT2D eigenvalue weighted by molar-refractivity contribution is -0.161. The normalized spacial score (nSPS) is 14.2. The molecule has 0 amide bonds. The number of unbranched alkanes of at least 4 members (excludes halogenated alkanes) is 50. The first kappa shape index (κ1) is 99.1. The zero-order valence-corrected chi connectivity index (χ0v) is 68.0. The summed E-state index contributed by atoms with van der Waals surface area (Å²) in [4.78, 5) is 73.1. The minimum Gasteiger partial charge on any atom is -0.462 e. The Kier molecular flexibility index (Phi) is 72.2. The van der Waals surface area contributed by atoms with Crippen molar-refractivity contribution >= 4 is 39.5 Å². The van der Waals surface area contributed by atoms with Gasteiger partial charge < -0.3 is 33.8 Å². The first-order chi connectivity index (χ1) is 48.9. The number of hydrogen-bond donors (Lipinski definition) is 3. The van der Waals surface area contributed by atoms with Crippen LogP contribution >= 0.6 is 15.6 Å². The lowest BCUT2D eigenvalue weighted by Crippen LogP contribution is -2.30. The molecule has 101 heavy (non-hydrogen) atoms. The van der Waals surface area contributed by atoms with E-state index in [0.717, 1.165) is 102 Å². The Morgan fingerprint density at radius 2 is 0.505 bits per heavy atom. The van der Waals surface area contributed by atoms with Crippen LogP contribution in [0.2, 0.25) is 0 Å². The zero-order chi connectivity index (χ0) is 74.2. The number of esters is 4. The van der Waals surface area contributed by atoms with Gasteiger partial charge in [-0.1, -0.05) is 382 Å². The average Bonchev–Trinajstić information content (AvgIpc) is 0.985. The highest BCUT2D eigenvalue weighted by molar-refractivity contribution is 7.47. The van der Waals surface area contributed by atoms with Crippen molar-refractivity contribution in [3.05, 3.63) is 0 Å². The third-order valence-corrected chi connectivity index (χ3v) is 21.5. The molecular formula is C82H160O17P2. The number of ether oxygens (including phenoxy) is 4. The standard InChI is InChI=1S/C82H160O17P2/c1-7-10-12-14-16-18-20-21-22-23-27-30-34-41-47-53-59-65-80(85)93-71-77(98-81(86)66-60-54-48-42-35-31-28-25-24-26-29-33-38-44-50-56-62-74(4)5)72-96-100(88,89)94-68-76(83)69-95-101(90,91)97-73-78(70-92-79(84)64-58-52-46-40-32-19-17-15-13-11-8-2)99-82(87)67-61-55-49-43-37-36-39-45-51-57-63-75(6)9-3/h74-78,83H,7-73H2,1-6H3,(H,88,89)(H,90,91)/t75?,76-,77-,78-/m1/s1. The van der Waals surface area contributed by atoms with E-state index in [1.807, 2.05) is 0 Å². The Morgan fingerprint density at radius 1 is 0.287 bits per heavy atom. The van der Waals surface area contributed by atoms with Crippen molar-refractivity contribution in [2.75, 3.05) is 39.6 Å². The van der Waals surface area contributed by atoms with E-state index in [1.54, 1.807) is 0 Å². The van der Waals surface area contributed by atoms with Gasteiger partial charge in [-0.05, 0) is 37.5 Å². The van der Waals surface area contributed by atoms with E-state index in [4.69, 9.17) is 37.0 Å². The van der Waals surface area contributed by atoms with Gasteiger partial charge in [0.15, 0.2) is 12.2 Å². The molecule has 17 nitrogen and oxygen atoms in total. The van der Waals surface area contributed by atoms with Crippen LogP contribution in [0.15, 0.2) is 0 Å². The van der Waals surface area contributed by atoms with E-state index >= 15 is 0 Å². The first-order valence-electron chi connectivity index (χ1n) is 42.5. The second-order valence-corrected chi connectivity index (χ2v) is 33.1. The van der Waals surface area contributed by atoms with Gasteiger partial charge in [-0.15, -0.1) is 0 Å². The minimum atomic E-state index is -4.96. The maximum atomic E-state index is 13.1. The van der Waals surface area contributed by atoms with Crippen molar-refractivity contribution in [1.29, 1.82) is 0 Å². The lowest BCUT2D eigenvalue weighted by Gasteiger charge is -2.21. The smallest absolute Gasteiger partial charge is 0.462 e. The van der Waals surface area contributed by atoms with E-state index in [9.17, 15) is 43.2 Å². The zero-order valence-electron chi connectivity index (χ0n) is 66.2. The molecule has 0 aliphatic heterocycles. The van der Waals surface area contributed by atoms with Crippen molar-refractivity contribution in [1.82, 2.24) is 0 Å². The maximum absolute atomic E-state index is 13.1. The highest BCUT2D eigenvalue weighted by atomic mass is 31.2. The summed E-state index contributed by atoms with van der Waals surface area (Å²) in [6.45, 7) is 9.70. The van der Waals surface area contributed by atoms with Gasteiger partial charge in [-0.2, -0.15) is 0 Å². The van der Waals surface area contributed by atoms with Gasteiger partial charge in [0.05, 0.1) is 26.4 Å². The number of hydrogen-bond acceptors (Lipinski definition) is 15. The predicted molar refractivity (Wildman–Crippen MR) is 414 cm³/mol. The molecular weight excluding hydrogens is 1320 g/mol. The van der Waals surface area contributed by atoms with E-state index in [1.165, 1.54) is 250 Å². The second kappa shape index (κ2) is 73.6. The summed E-state index contributed by atoms with van der Waals surface area (Å²) in [7, 11) is -9.92. The summed E-state index contributed by atoms with van der Waals surface area (Å²) in [5.41, 5.74) is 0. The molecule has 0 aromatic rings. The summed E-state index contributed by atoms with van der Waals surface area (Å²) in [6.07, 6.45) is 63.7. The molecule has 0 saturated heterocycles. The molecule has 0 aromatic carbocycles. The molecule has 0 aliphatic carbocycles. The average molecular weight is 1480 g/mol. The highest BCUT2D eigenvalue weighted by Crippen LogP contribution is 2.45. The van der Waals surface area contributed by atoms with Gasteiger partial charge in [0.25, 0.3) is 0 Å². The fourth-order valence-electron chi connectivity index (χ4n) is 12.7. The molecule has 0 aliphatic rings. The Bertz CT molecular complexity index is 1940. The molecule has 19 heteroatoms.